The van der Waals surface area contributed by atoms with Crippen molar-refractivity contribution in [1.29, 1.82) is 0 Å². The van der Waals surface area contributed by atoms with Crippen LogP contribution in [0.15, 0.2) is 6.33 Å². The second-order valence-corrected chi connectivity index (χ2v) is 4.03. The van der Waals surface area contributed by atoms with Crippen LogP contribution in [0.25, 0.3) is 0 Å². The van der Waals surface area contributed by atoms with Gasteiger partial charge in [0.2, 0.25) is 0 Å². The van der Waals surface area contributed by atoms with E-state index in [2.05, 4.69) is 14.9 Å². The number of aromatic carboxylic acids is 1. The number of rotatable bonds is 2. The number of aromatic amines is 1. The molecule has 0 radical (unpaired) electrons. The van der Waals surface area contributed by atoms with Crippen molar-refractivity contribution in [1.82, 2.24) is 19.8 Å². The minimum Gasteiger partial charge on any atom is -0.477 e. The highest BCUT2D eigenvalue weighted by atomic mass is 16.4. The molecule has 1 aromatic rings. The smallest absolute Gasteiger partial charge is 0.354 e. The highest BCUT2D eigenvalue weighted by Gasteiger charge is 2.26. The van der Waals surface area contributed by atoms with E-state index in [1.807, 2.05) is 7.05 Å². The fourth-order valence-electron chi connectivity index (χ4n) is 1.78. The quantitative estimate of drug-likeness (QED) is 0.724. The zero-order chi connectivity index (χ0) is 12.4. The summed E-state index contributed by atoms with van der Waals surface area (Å²) < 4.78 is 0. The Morgan fingerprint density at radius 2 is 2.00 bits per heavy atom. The summed E-state index contributed by atoms with van der Waals surface area (Å²) in [6.07, 6.45) is 1.23. The van der Waals surface area contributed by atoms with Gasteiger partial charge >= 0.3 is 5.97 Å². The van der Waals surface area contributed by atoms with E-state index >= 15 is 0 Å². The summed E-state index contributed by atoms with van der Waals surface area (Å²) in [6.45, 7) is 2.78. The zero-order valence-electron chi connectivity index (χ0n) is 9.51. The molecule has 2 N–H and O–H groups in total. The molecule has 1 aliphatic heterocycles. The number of likely N-dealkylation sites (N-methyl/N-ethyl adjacent to an activating group) is 1. The van der Waals surface area contributed by atoms with Gasteiger partial charge in [-0.05, 0) is 7.05 Å². The molecular weight excluding hydrogens is 224 g/mol. The highest BCUT2D eigenvalue weighted by Crippen LogP contribution is 2.09. The minimum atomic E-state index is -1.17. The van der Waals surface area contributed by atoms with E-state index in [0.29, 0.717) is 13.1 Å². The summed E-state index contributed by atoms with van der Waals surface area (Å²) in [5, 5.41) is 8.89. The third-order valence-electron chi connectivity index (χ3n) is 2.85. The lowest BCUT2D eigenvalue weighted by atomic mass is 10.2. The molecule has 1 amide bonds. The van der Waals surface area contributed by atoms with Crippen LogP contribution in [-0.4, -0.2) is 70.0 Å². The standard InChI is InChI=1S/C10H14N4O3/c1-13-2-4-14(5-3-13)9(15)7-8(10(16)17)12-6-11-7/h6H,2-5H2,1H3,(H,11,12)(H,16,17). The van der Waals surface area contributed by atoms with Crippen LogP contribution in [0.4, 0.5) is 0 Å². The van der Waals surface area contributed by atoms with Crippen molar-refractivity contribution < 1.29 is 14.7 Å². The second-order valence-electron chi connectivity index (χ2n) is 4.03. The van der Waals surface area contributed by atoms with Crippen molar-refractivity contribution in [3.05, 3.63) is 17.7 Å². The molecular formula is C10H14N4O3. The Balaban J connectivity index is 2.14. The Morgan fingerprint density at radius 3 is 2.59 bits per heavy atom. The molecule has 2 rings (SSSR count). The van der Waals surface area contributed by atoms with Gasteiger partial charge in [0.05, 0.1) is 6.33 Å². The third-order valence-corrected chi connectivity index (χ3v) is 2.85. The number of carboxylic acid groups (broad SMARTS) is 1. The lowest BCUT2D eigenvalue weighted by Gasteiger charge is -2.32. The molecule has 0 atom stereocenters. The van der Waals surface area contributed by atoms with Gasteiger partial charge in [-0.3, -0.25) is 4.79 Å². The normalized spacial score (nSPS) is 17.1. The largest absolute Gasteiger partial charge is 0.477 e. The maximum Gasteiger partial charge on any atom is 0.354 e. The van der Waals surface area contributed by atoms with Crippen LogP contribution in [-0.2, 0) is 0 Å². The summed E-state index contributed by atoms with van der Waals surface area (Å²) in [5.41, 5.74) is -0.156. The third kappa shape index (κ3) is 2.28. The number of carbonyl (C=O) groups is 2. The van der Waals surface area contributed by atoms with Gasteiger partial charge in [0.15, 0.2) is 11.4 Å². The van der Waals surface area contributed by atoms with Crippen molar-refractivity contribution in [2.24, 2.45) is 0 Å². The lowest BCUT2D eigenvalue weighted by Crippen LogP contribution is -2.47. The van der Waals surface area contributed by atoms with Gasteiger partial charge in [-0.1, -0.05) is 0 Å². The SMILES string of the molecule is CN1CCN(C(=O)c2nc[nH]c2C(=O)O)CC1. The number of aromatic nitrogens is 2. The van der Waals surface area contributed by atoms with E-state index in [0.717, 1.165) is 13.1 Å². The number of amides is 1. The Bertz CT molecular complexity index is 435. The van der Waals surface area contributed by atoms with Crippen LogP contribution in [0.2, 0.25) is 0 Å². The van der Waals surface area contributed by atoms with Gasteiger partial charge in [-0.2, -0.15) is 0 Å². The molecule has 7 heteroatoms. The lowest BCUT2D eigenvalue weighted by molar-refractivity contribution is 0.0629. The van der Waals surface area contributed by atoms with Crippen LogP contribution in [0.3, 0.4) is 0 Å². The van der Waals surface area contributed by atoms with Crippen LogP contribution >= 0.6 is 0 Å². The fraction of sp³-hybridized carbons (Fsp3) is 0.500. The average Bonchev–Trinajstić information content (AvgIpc) is 2.78. The van der Waals surface area contributed by atoms with Crippen molar-refractivity contribution in [2.45, 2.75) is 0 Å². The molecule has 1 aromatic heterocycles. The van der Waals surface area contributed by atoms with E-state index in [9.17, 15) is 9.59 Å². The molecule has 1 fully saturated rings. The minimum absolute atomic E-state index is 0.0120. The fourth-order valence-corrected chi connectivity index (χ4v) is 1.78. The monoisotopic (exact) mass is 238 g/mol. The van der Waals surface area contributed by atoms with E-state index < -0.39 is 5.97 Å². The molecule has 17 heavy (non-hydrogen) atoms. The molecule has 92 valence electrons. The molecule has 0 unspecified atom stereocenters. The van der Waals surface area contributed by atoms with Crippen molar-refractivity contribution in [3.63, 3.8) is 0 Å². The number of imidazole rings is 1. The van der Waals surface area contributed by atoms with Gasteiger partial charge in [-0.25, -0.2) is 9.78 Å². The number of carboxylic acids is 1. The maximum absolute atomic E-state index is 12.1. The summed E-state index contributed by atoms with van der Waals surface area (Å²) in [5.74, 6) is -1.49. The number of hydrogen-bond acceptors (Lipinski definition) is 4. The molecule has 1 saturated heterocycles. The second kappa shape index (κ2) is 4.54. The first kappa shape index (κ1) is 11.6. The summed E-state index contributed by atoms with van der Waals surface area (Å²) in [7, 11) is 1.99. The van der Waals surface area contributed by atoms with E-state index in [1.54, 1.807) is 4.90 Å². The average molecular weight is 238 g/mol. The zero-order valence-corrected chi connectivity index (χ0v) is 9.51. The number of H-pyrrole nitrogens is 1. The predicted octanol–water partition coefficient (Wildman–Crippen LogP) is -0.504. The van der Waals surface area contributed by atoms with Gasteiger partial charge in [0.25, 0.3) is 5.91 Å². The molecule has 0 spiro atoms. The first-order chi connectivity index (χ1) is 8.09. The van der Waals surface area contributed by atoms with Gasteiger partial charge in [0, 0.05) is 26.2 Å². The van der Waals surface area contributed by atoms with Crippen molar-refractivity contribution >= 4 is 11.9 Å². The van der Waals surface area contributed by atoms with E-state index in [-0.39, 0.29) is 17.3 Å². The molecule has 0 saturated carbocycles. The number of piperazine rings is 1. The first-order valence-corrected chi connectivity index (χ1v) is 5.34. The number of hydrogen-bond donors (Lipinski definition) is 2. The summed E-state index contributed by atoms with van der Waals surface area (Å²) in [4.78, 5) is 32.9. The highest BCUT2D eigenvalue weighted by molar-refractivity contribution is 6.02. The Kier molecular flexibility index (Phi) is 3.10. The van der Waals surface area contributed by atoms with Crippen LogP contribution in [0, 0.1) is 0 Å². The molecule has 7 nitrogen and oxygen atoms in total. The Morgan fingerprint density at radius 1 is 1.35 bits per heavy atom. The van der Waals surface area contributed by atoms with Gasteiger partial charge < -0.3 is 19.9 Å². The van der Waals surface area contributed by atoms with Gasteiger partial charge in [-0.15, -0.1) is 0 Å². The van der Waals surface area contributed by atoms with E-state index in [4.69, 9.17) is 5.11 Å². The van der Waals surface area contributed by atoms with Crippen molar-refractivity contribution in [2.75, 3.05) is 33.2 Å². The van der Waals surface area contributed by atoms with Crippen molar-refractivity contribution in [3.8, 4) is 0 Å². The van der Waals surface area contributed by atoms with Gasteiger partial charge in [0.1, 0.15) is 0 Å². The molecule has 1 aliphatic rings. The number of nitrogens with one attached hydrogen (secondary N) is 1. The maximum atomic E-state index is 12.1. The predicted molar refractivity (Wildman–Crippen MR) is 58.9 cm³/mol. The molecule has 0 aromatic carbocycles. The van der Waals surface area contributed by atoms with Crippen LogP contribution in [0.1, 0.15) is 21.0 Å². The van der Waals surface area contributed by atoms with Crippen LogP contribution < -0.4 is 0 Å². The number of nitrogens with zero attached hydrogens (tertiary/aromatic N) is 3. The summed E-state index contributed by atoms with van der Waals surface area (Å²) in [6, 6.07) is 0. The molecule has 2 heterocycles. The van der Waals surface area contributed by atoms with E-state index in [1.165, 1.54) is 6.33 Å². The molecule has 0 bridgehead atoms. The Hall–Kier alpha value is -1.89. The summed E-state index contributed by atoms with van der Waals surface area (Å²) >= 11 is 0. The molecule has 0 aliphatic carbocycles. The number of carbonyl (C=O) groups excluding carboxylic acids is 1. The Labute approximate surface area is 98.0 Å². The first-order valence-electron chi connectivity index (χ1n) is 5.34. The topological polar surface area (TPSA) is 89.5 Å². The van der Waals surface area contributed by atoms with Crippen LogP contribution in [0.5, 0.6) is 0 Å².